The Bertz CT molecular complexity index is 729. The second-order valence-corrected chi connectivity index (χ2v) is 6.30. The van der Waals surface area contributed by atoms with Gasteiger partial charge < -0.3 is 4.90 Å². The van der Waals surface area contributed by atoms with E-state index in [1.54, 1.807) is 18.5 Å². The van der Waals surface area contributed by atoms with Crippen LogP contribution < -0.4 is 0 Å². The van der Waals surface area contributed by atoms with Gasteiger partial charge in [-0.2, -0.15) is 0 Å². The lowest BCUT2D eigenvalue weighted by Crippen LogP contribution is -2.14. The fraction of sp³-hybridized carbons (Fsp3) is 0.278. The van der Waals surface area contributed by atoms with Crippen LogP contribution in [0.2, 0.25) is 10.0 Å². The maximum Gasteiger partial charge on any atom is 0.141 e. The molecule has 2 aromatic rings. The highest BCUT2D eigenvalue weighted by Crippen LogP contribution is 2.29. The summed E-state index contributed by atoms with van der Waals surface area (Å²) in [5.74, 6) is -0.411. The Morgan fingerprint density at radius 3 is 2.61 bits per heavy atom. The molecule has 23 heavy (non-hydrogen) atoms. The molecular weight excluding hydrogens is 334 g/mol. The molecule has 0 unspecified atom stereocenters. The van der Waals surface area contributed by atoms with Crippen LogP contribution in [0.25, 0.3) is 0 Å². The van der Waals surface area contributed by atoms with Crippen molar-refractivity contribution in [1.82, 2.24) is 4.90 Å². The Morgan fingerprint density at radius 1 is 1.22 bits per heavy atom. The first-order valence-electron chi connectivity index (χ1n) is 7.38. The third-order valence-electron chi connectivity index (χ3n) is 3.72. The summed E-state index contributed by atoms with van der Waals surface area (Å²) in [4.78, 5) is 6.49. The number of hydrogen-bond donors (Lipinski definition) is 0. The van der Waals surface area contributed by atoms with Crippen LogP contribution in [0.5, 0.6) is 0 Å². The lowest BCUT2D eigenvalue weighted by atomic mass is 9.99. The number of halogens is 3. The van der Waals surface area contributed by atoms with Gasteiger partial charge in [-0.05, 0) is 61.2 Å². The van der Waals surface area contributed by atoms with E-state index in [-0.39, 0.29) is 5.02 Å². The molecule has 122 valence electrons. The molecule has 0 fully saturated rings. The molecule has 5 heteroatoms. The fourth-order valence-corrected chi connectivity index (χ4v) is 2.59. The molecule has 0 aliphatic rings. The summed E-state index contributed by atoms with van der Waals surface area (Å²) in [6.45, 7) is 4.94. The Labute approximate surface area is 146 Å². The van der Waals surface area contributed by atoms with E-state index in [1.165, 1.54) is 6.07 Å². The number of benzene rings is 2. The van der Waals surface area contributed by atoms with Gasteiger partial charge in [0, 0.05) is 18.6 Å². The summed E-state index contributed by atoms with van der Waals surface area (Å²) in [6.07, 6.45) is 2.41. The molecule has 0 bridgehead atoms. The summed E-state index contributed by atoms with van der Waals surface area (Å²) < 4.78 is 13.3. The Kier molecular flexibility index (Phi) is 6.03. The van der Waals surface area contributed by atoms with E-state index in [9.17, 15) is 4.39 Å². The minimum atomic E-state index is -0.411. The average Bonchev–Trinajstić information content (AvgIpc) is 2.52. The van der Waals surface area contributed by atoms with Crippen LogP contribution in [0, 0.1) is 12.7 Å². The third kappa shape index (κ3) is 4.69. The van der Waals surface area contributed by atoms with Crippen molar-refractivity contribution in [3.8, 4) is 0 Å². The van der Waals surface area contributed by atoms with Gasteiger partial charge in [0.05, 0.1) is 17.0 Å². The van der Waals surface area contributed by atoms with Crippen LogP contribution in [-0.4, -0.2) is 24.8 Å². The van der Waals surface area contributed by atoms with Crippen LogP contribution in [-0.2, 0) is 6.42 Å². The molecule has 0 radical (unpaired) electrons. The summed E-state index contributed by atoms with van der Waals surface area (Å²) in [5, 5.41) is 0.759. The molecule has 0 aliphatic carbocycles. The second kappa shape index (κ2) is 7.80. The van der Waals surface area contributed by atoms with E-state index in [0.717, 1.165) is 28.9 Å². The highest BCUT2D eigenvalue weighted by atomic mass is 35.5. The smallest absolute Gasteiger partial charge is 0.141 e. The summed E-state index contributed by atoms with van der Waals surface area (Å²) in [6, 6.07) is 8.52. The standard InChI is InChI=1S/C18H19Cl2FN2/c1-4-23(3)11-22-18-10-15(19)9-14(12(18)2)7-13-5-6-17(21)16(20)8-13/h5-6,8-11H,4,7H2,1-3H3. The summed E-state index contributed by atoms with van der Waals surface area (Å²) in [5.41, 5.74) is 3.87. The van der Waals surface area contributed by atoms with Crippen LogP contribution in [0.1, 0.15) is 23.6 Å². The van der Waals surface area contributed by atoms with E-state index < -0.39 is 5.82 Å². The zero-order valence-corrected chi connectivity index (χ0v) is 14.9. The quantitative estimate of drug-likeness (QED) is 0.501. The van der Waals surface area contributed by atoms with E-state index in [2.05, 4.69) is 11.9 Å². The number of rotatable bonds is 5. The maximum atomic E-state index is 13.3. The minimum Gasteiger partial charge on any atom is -0.366 e. The first-order valence-corrected chi connectivity index (χ1v) is 8.13. The van der Waals surface area contributed by atoms with Crippen molar-refractivity contribution in [1.29, 1.82) is 0 Å². The molecular formula is C18H19Cl2FN2. The van der Waals surface area contributed by atoms with E-state index in [4.69, 9.17) is 23.2 Å². The molecule has 0 N–H and O–H groups in total. The van der Waals surface area contributed by atoms with Gasteiger partial charge in [-0.15, -0.1) is 0 Å². The lowest BCUT2D eigenvalue weighted by Gasteiger charge is -2.12. The van der Waals surface area contributed by atoms with Crippen molar-refractivity contribution in [3.05, 3.63) is 62.9 Å². The predicted octanol–water partition coefficient (Wildman–Crippen LogP) is 5.64. The minimum absolute atomic E-state index is 0.130. The number of aliphatic imine (C=N–C) groups is 1. The van der Waals surface area contributed by atoms with Crippen molar-refractivity contribution < 1.29 is 4.39 Å². The molecule has 0 saturated carbocycles. The van der Waals surface area contributed by atoms with Gasteiger partial charge in [-0.3, -0.25) is 0 Å². The first-order chi connectivity index (χ1) is 10.9. The van der Waals surface area contributed by atoms with Crippen molar-refractivity contribution in [3.63, 3.8) is 0 Å². The van der Waals surface area contributed by atoms with Crippen LogP contribution in [0.15, 0.2) is 35.3 Å². The van der Waals surface area contributed by atoms with E-state index in [0.29, 0.717) is 11.4 Å². The van der Waals surface area contributed by atoms with Gasteiger partial charge in [0.25, 0.3) is 0 Å². The van der Waals surface area contributed by atoms with Gasteiger partial charge in [0.2, 0.25) is 0 Å². The largest absolute Gasteiger partial charge is 0.366 e. The van der Waals surface area contributed by atoms with Gasteiger partial charge in [0.1, 0.15) is 5.82 Å². The van der Waals surface area contributed by atoms with Crippen LogP contribution in [0.4, 0.5) is 10.1 Å². The molecule has 0 amide bonds. The highest BCUT2D eigenvalue weighted by molar-refractivity contribution is 6.31. The highest BCUT2D eigenvalue weighted by Gasteiger charge is 2.09. The molecule has 0 atom stereocenters. The van der Waals surface area contributed by atoms with Crippen molar-refractivity contribution in [2.45, 2.75) is 20.3 Å². The van der Waals surface area contributed by atoms with Gasteiger partial charge in [0.15, 0.2) is 0 Å². The summed E-state index contributed by atoms with van der Waals surface area (Å²) >= 11 is 12.1. The maximum absolute atomic E-state index is 13.3. The Hall–Kier alpha value is -1.58. The molecule has 0 heterocycles. The zero-order chi connectivity index (χ0) is 17.0. The Balaban J connectivity index is 2.33. The third-order valence-corrected chi connectivity index (χ3v) is 4.23. The second-order valence-electron chi connectivity index (χ2n) is 5.45. The van der Waals surface area contributed by atoms with Crippen LogP contribution in [0.3, 0.4) is 0 Å². The molecule has 0 saturated heterocycles. The lowest BCUT2D eigenvalue weighted by molar-refractivity contribution is 0.552. The first kappa shape index (κ1) is 17.8. The van der Waals surface area contributed by atoms with E-state index in [1.807, 2.05) is 31.0 Å². The molecule has 2 aromatic carbocycles. The average molecular weight is 353 g/mol. The van der Waals surface area contributed by atoms with Crippen molar-refractivity contribution in [2.24, 2.45) is 4.99 Å². The zero-order valence-electron chi connectivity index (χ0n) is 13.4. The molecule has 0 spiro atoms. The van der Waals surface area contributed by atoms with Gasteiger partial charge >= 0.3 is 0 Å². The van der Waals surface area contributed by atoms with E-state index >= 15 is 0 Å². The monoisotopic (exact) mass is 352 g/mol. The number of hydrogen-bond acceptors (Lipinski definition) is 1. The molecule has 0 aromatic heterocycles. The molecule has 0 aliphatic heterocycles. The Morgan fingerprint density at radius 2 is 1.96 bits per heavy atom. The topological polar surface area (TPSA) is 15.6 Å². The van der Waals surface area contributed by atoms with Crippen molar-refractivity contribution in [2.75, 3.05) is 13.6 Å². The number of nitrogens with zero attached hydrogens (tertiary/aromatic N) is 2. The fourth-order valence-electron chi connectivity index (χ4n) is 2.15. The molecule has 2 rings (SSSR count). The van der Waals surface area contributed by atoms with Crippen LogP contribution >= 0.6 is 23.2 Å². The van der Waals surface area contributed by atoms with Gasteiger partial charge in [-0.1, -0.05) is 29.3 Å². The normalized spacial score (nSPS) is 11.2. The summed E-state index contributed by atoms with van der Waals surface area (Å²) in [7, 11) is 1.96. The SMILES string of the molecule is CCN(C)C=Nc1cc(Cl)cc(Cc2ccc(F)c(Cl)c2)c1C. The van der Waals surface area contributed by atoms with Crippen molar-refractivity contribution >= 4 is 35.2 Å². The molecule has 2 nitrogen and oxygen atoms in total. The van der Waals surface area contributed by atoms with Gasteiger partial charge in [-0.25, -0.2) is 9.38 Å². The predicted molar refractivity (Wildman–Crippen MR) is 96.9 cm³/mol.